The van der Waals surface area contributed by atoms with Crippen LogP contribution in [0.2, 0.25) is 0 Å². The number of Topliss-reactive ketones (excluding diaryl/α,β-unsaturated/α-hetero) is 1. The maximum Gasteiger partial charge on any atom is 0.365 e. The molecule has 1 aromatic rings. The molecule has 0 bridgehead atoms. The number of ketones is 1. The number of rotatable bonds is 4. The summed E-state index contributed by atoms with van der Waals surface area (Å²) in [6.07, 6.45) is -0.866. The molecule has 21 heavy (non-hydrogen) atoms. The van der Waals surface area contributed by atoms with Gasteiger partial charge in [0.15, 0.2) is 0 Å². The minimum Gasteiger partial charge on any atom is -0.322 e. The fourth-order valence-electron chi connectivity index (χ4n) is 1.86. The quantitative estimate of drug-likeness (QED) is 0.387. The number of hydrazone groups is 1. The van der Waals surface area contributed by atoms with Gasteiger partial charge in [-0.25, -0.2) is 0 Å². The van der Waals surface area contributed by atoms with Gasteiger partial charge in [-0.05, 0) is 0 Å². The van der Waals surface area contributed by atoms with Crippen molar-refractivity contribution in [3.63, 3.8) is 0 Å². The number of benzene rings is 1. The minimum atomic E-state index is -5.28. The Bertz CT molecular complexity index is 669. The molecule has 1 heterocycles. The summed E-state index contributed by atoms with van der Waals surface area (Å²) in [5.41, 5.74) is 1.64. The molecule has 11 heteroatoms. The first-order valence-electron chi connectivity index (χ1n) is 5.63. The lowest BCUT2D eigenvalue weighted by molar-refractivity contribution is 0.106. The van der Waals surface area contributed by atoms with Gasteiger partial charge in [0.2, 0.25) is 5.78 Å². The lowest BCUT2D eigenvalue weighted by Crippen LogP contribution is -2.38. The standard InChI is InChI=1S/C10H12N2O7P2/c13-9(7-4-2-1-3-5-7)8-6-10(12-11-8,20(14,15)16)21(17,18)19/h1-5,12H,6H2,(H2,14,15,16)(H2,17,18,19). The highest BCUT2D eigenvalue weighted by atomic mass is 31.2. The lowest BCUT2D eigenvalue weighted by Gasteiger charge is -2.29. The van der Waals surface area contributed by atoms with Crippen LogP contribution in [0.25, 0.3) is 0 Å². The zero-order chi connectivity index (χ0) is 15.9. The van der Waals surface area contributed by atoms with Crippen LogP contribution in [-0.4, -0.2) is 36.1 Å². The summed E-state index contributed by atoms with van der Waals surface area (Å²) in [6, 6.07) is 7.74. The van der Waals surface area contributed by atoms with Crippen LogP contribution in [0.3, 0.4) is 0 Å². The third-order valence-corrected chi connectivity index (χ3v) is 7.05. The van der Waals surface area contributed by atoms with Crippen molar-refractivity contribution in [3.05, 3.63) is 35.9 Å². The Labute approximate surface area is 119 Å². The van der Waals surface area contributed by atoms with Crippen LogP contribution in [0, 0.1) is 0 Å². The van der Waals surface area contributed by atoms with E-state index in [1.807, 2.05) is 0 Å². The molecule has 2 rings (SSSR count). The van der Waals surface area contributed by atoms with E-state index in [9.17, 15) is 33.5 Å². The third kappa shape index (κ3) is 2.72. The van der Waals surface area contributed by atoms with Gasteiger partial charge in [0.1, 0.15) is 5.71 Å². The summed E-state index contributed by atoms with van der Waals surface area (Å²) < 4.78 is 22.9. The van der Waals surface area contributed by atoms with Gasteiger partial charge in [-0.3, -0.25) is 19.4 Å². The maximum atomic E-state index is 12.1. The van der Waals surface area contributed by atoms with Crippen molar-refractivity contribution in [2.24, 2.45) is 5.10 Å². The van der Waals surface area contributed by atoms with E-state index >= 15 is 0 Å². The zero-order valence-corrected chi connectivity index (χ0v) is 12.2. The van der Waals surface area contributed by atoms with Crippen molar-refractivity contribution in [1.29, 1.82) is 0 Å². The van der Waals surface area contributed by atoms with E-state index in [0.29, 0.717) is 0 Å². The molecule has 1 aliphatic rings. The summed E-state index contributed by atoms with van der Waals surface area (Å²) in [6.45, 7) is 0. The molecular formula is C10H12N2O7P2. The molecule has 0 radical (unpaired) electrons. The first kappa shape index (κ1) is 16.0. The molecule has 0 saturated carbocycles. The Morgan fingerprint density at radius 2 is 1.62 bits per heavy atom. The molecule has 0 aliphatic carbocycles. The largest absolute Gasteiger partial charge is 0.365 e. The summed E-state index contributed by atoms with van der Waals surface area (Å²) in [7, 11) is -10.6. The highest BCUT2D eigenvalue weighted by Gasteiger charge is 2.64. The SMILES string of the molecule is O=C(C1=NNC(P(=O)(O)O)(P(=O)(O)O)C1)c1ccccc1. The summed E-state index contributed by atoms with van der Waals surface area (Å²) in [4.78, 5) is 49.1. The molecule has 0 saturated heterocycles. The van der Waals surface area contributed by atoms with Crippen LogP contribution in [0.15, 0.2) is 35.4 Å². The van der Waals surface area contributed by atoms with Crippen LogP contribution in [-0.2, 0) is 9.13 Å². The molecule has 114 valence electrons. The molecule has 0 unspecified atom stereocenters. The Morgan fingerprint density at radius 1 is 1.10 bits per heavy atom. The molecule has 0 amide bonds. The minimum absolute atomic E-state index is 0.199. The fourth-order valence-corrected chi connectivity index (χ4v) is 4.29. The first-order valence-corrected chi connectivity index (χ1v) is 8.86. The van der Waals surface area contributed by atoms with Gasteiger partial charge in [0.25, 0.3) is 5.02 Å². The highest BCUT2D eigenvalue weighted by molar-refractivity contribution is 7.72. The topological polar surface area (TPSA) is 157 Å². The van der Waals surface area contributed by atoms with Crippen molar-refractivity contribution >= 4 is 26.7 Å². The van der Waals surface area contributed by atoms with Crippen LogP contribution in [0.5, 0.6) is 0 Å². The Hall–Kier alpha value is -1.34. The van der Waals surface area contributed by atoms with E-state index in [-0.39, 0.29) is 11.3 Å². The van der Waals surface area contributed by atoms with E-state index in [2.05, 4.69) is 5.10 Å². The molecule has 0 spiro atoms. The lowest BCUT2D eigenvalue weighted by atomic mass is 10.1. The van der Waals surface area contributed by atoms with Crippen LogP contribution in [0.4, 0.5) is 0 Å². The van der Waals surface area contributed by atoms with Crippen LogP contribution < -0.4 is 5.43 Å². The number of carbonyl (C=O) groups is 1. The van der Waals surface area contributed by atoms with E-state index in [1.54, 1.807) is 23.6 Å². The molecular weight excluding hydrogens is 322 g/mol. The Balaban J connectivity index is 2.36. The monoisotopic (exact) mass is 334 g/mol. The van der Waals surface area contributed by atoms with Gasteiger partial charge in [-0.1, -0.05) is 30.3 Å². The summed E-state index contributed by atoms with van der Waals surface area (Å²) in [5.74, 6) is -0.660. The third-order valence-electron chi connectivity index (χ3n) is 3.05. The van der Waals surface area contributed by atoms with Gasteiger partial charge in [0, 0.05) is 12.0 Å². The number of nitrogens with zero attached hydrogens (tertiary/aromatic N) is 1. The predicted molar refractivity (Wildman–Crippen MR) is 72.8 cm³/mol. The van der Waals surface area contributed by atoms with Crippen molar-refractivity contribution in [1.82, 2.24) is 5.43 Å². The average Bonchev–Trinajstić information content (AvgIpc) is 2.84. The molecule has 0 atom stereocenters. The average molecular weight is 334 g/mol. The predicted octanol–water partition coefficient (Wildman–Crippen LogP) is 0.228. The Kier molecular flexibility index (Phi) is 3.92. The highest BCUT2D eigenvalue weighted by Crippen LogP contribution is 2.70. The second-order valence-corrected chi connectivity index (χ2v) is 8.50. The molecule has 9 nitrogen and oxygen atoms in total. The van der Waals surface area contributed by atoms with Crippen molar-refractivity contribution in [3.8, 4) is 0 Å². The number of hydrogen-bond acceptors (Lipinski definition) is 5. The van der Waals surface area contributed by atoms with Crippen molar-refractivity contribution < 1.29 is 33.5 Å². The normalized spacial score (nSPS) is 18.0. The number of hydrogen-bond donors (Lipinski definition) is 5. The molecule has 5 N–H and O–H groups in total. The molecule has 0 fully saturated rings. The Morgan fingerprint density at radius 3 is 2.05 bits per heavy atom. The van der Waals surface area contributed by atoms with E-state index in [4.69, 9.17) is 0 Å². The van der Waals surface area contributed by atoms with Gasteiger partial charge in [-0.15, -0.1) is 0 Å². The van der Waals surface area contributed by atoms with E-state index in [1.165, 1.54) is 12.1 Å². The fraction of sp³-hybridized carbons (Fsp3) is 0.200. The maximum absolute atomic E-state index is 12.1. The van der Waals surface area contributed by atoms with Gasteiger partial charge >= 0.3 is 15.2 Å². The van der Waals surface area contributed by atoms with Gasteiger partial charge in [0.05, 0.1) is 0 Å². The zero-order valence-electron chi connectivity index (χ0n) is 10.4. The molecule has 1 aliphatic heterocycles. The van der Waals surface area contributed by atoms with Crippen molar-refractivity contribution in [2.75, 3.05) is 0 Å². The summed E-state index contributed by atoms with van der Waals surface area (Å²) in [5, 5.41) is 0.542. The molecule has 0 aromatic heterocycles. The summed E-state index contributed by atoms with van der Waals surface area (Å²) >= 11 is 0. The van der Waals surface area contributed by atoms with Crippen molar-refractivity contribution in [2.45, 2.75) is 11.4 Å². The second-order valence-electron chi connectivity index (χ2n) is 4.45. The van der Waals surface area contributed by atoms with E-state index in [0.717, 1.165) is 0 Å². The van der Waals surface area contributed by atoms with E-state index < -0.39 is 32.4 Å². The smallest absolute Gasteiger partial charge is 0.322 e. The van der Waals surface area contributed by atoms with Crippen LogP contribution in [0.1, 0.15) is 16.8 Å². The first-order chi connectivity index (χ1) is 9.58. The van der Waals surface area contributed by atoms with Gasteiger partial charge < -0.3 is 19.6 Å². The number of nitrogens with one attached hydrogen (secondary N) is 1. The number of carbonyl (C=O) groups excluding carboxylic acids is 1. The van der Waals surface area contributed by atoms with Crippen LogP contribution >= 0.6 is 15.2 Å². The second kappa shape index (κ2) is 5.14. The molecule has 1 aromatic carbocycles. The van der Waals surface area contributed by atoms with Gasteiger partial charge in [-0.2, -0.15) is 5.10 Å².